The van der Waals surface area contributed by atoms with E-state index in [2.05, 4.69) is 26.5 Å². The van der Waals surface area contributed by atoms with Crippen LogP contribution < -0.4 is 21.6 Å². The molecular formula is C26H15BrN2O3. The molecule has 1 amide bonds. The monoisotopic (exact) mass is 482 g/mol. The lowest BCUT2D eigenvalue weighted by Crippen LogP contribution is -2.35. The first kappa shape index (κ1) is 20.0. The molecule has 5 rings (SSSR count). The van der Waals surface area contributed by atoms with Crippen LogP contribution in [-0.4, -0.2) is 5.91 Å². The molecule has 0 radical (unpaired) electrons. The van der Waals surface area contributed by atoms with Crippen LogP contribution in [0, 0.1) is 0 Å². The molecule has 0 spiro atoms. The minimum absolute atomic E-state index is 0.284. The van der Waals surface area contributed by atoms with Crippen molar-refractivity contribution in [1.29, 1.82) is 0 Å². The summed E-state index contributed by atoms with van der Waals surface area (Å²) in [5, 5.41) is 5.87. The molecule has 154 valence electrons. The van der Waals surface area contributed by atoms with E-state index in [-0.39, 0.29) is 5.36 Å². The molecule has 0 unspecified atom stereocenters. The van der Waals surface area contributed by atoms with Gasteiger partial charge in [-0.1, -0.05) is 76.6 Å². The summed E-state index contributed by atoms with van der Waals surface area (Å²) in [5.41, 5.74) is 3.67. The van der Waals surface area contributed by atoms with E-state index in [4.69, 9.17) is 0 Å². The number of halogens is 1. The molecule has 0 heterocycles. The molecule has 0 aliphatic carbocycles. The Morgan fingerprint density at radius 3 is 1.97 bits per heavy atom. The molecule has 6 heteroatoms. The van der Waals surface area contributed by atoms with Crippen LogP contribution in [-0.2, 0) is 0 Å². The number of rotatable bonds is 3. The topological polar surface area (TPSA) is 75.6 Å². The number of hydrogen-bond donors (Lipinski definition) is 1. The minimum Gasteiger partial charge on any atom is -0.287 e. The van der Waals surface area contributed by atoms with Gasteiger partial charge in [-0.3, -0.25) is 14.4 Å². The van der Waals surface area contributed by atoms with Gasteiger partial charge in [0.15, 0.2) is 5.36 Å². The maximum atomic E-state index is 13.1. The van der Waals surface area contributed by atoms with Gasteiger partial charge in [0.1, 0.15) is 0 Å². The van der Waals surface area contributed by atoms with Crippen molar-refractivity contribution in [2.45, 2.75) is 0 Å². The van der Waals surface area contributed by atoms with Gasteiger partial charge in [0.25, 0.3) is 5.91 Å². The maximum absolute atomic E-state index is 13.1. The summed E-state index contributed by atoms with van der Waals surface area (Å²) in [5.74, 6) is -0.496. The first-order chi connectivity index (χ1) is 15.5. The molecule has 32 heavy (non-hydrogen) atoms. The Morgan fingerprint density at radius 2 is 1.31 bits per heavy atom. The molecule has 1 N–H and O–H groups in total. The molecule has 0 aromatic heterocycles. The zero-order chi connectivity index (χ0) is 22.2. The number of carbonyl (C=O) groups is 1. The van der Waals surface area contributed by atoms with Crippen molar-refractivity contribution in [2.75, 3.05) is 0 Å². The summed E-state index contributed by atoms with van der Waals surface area (Å²) >= 11 is 3.43. The fraction of sp³-hybridized carbons (Fsp3) is 0. The summed E-state index contributed by atoms with van der Waals surface area (Å²) in [6.07, 6.45) is 0. The van der Waals surface area contributed by atoms with Gasteiger partial charge >= 0.3 is 0 Å². The van der Waals surface area contributed by atoms with Crippen LogP contribution in [0.25, 0.3) is 32.7 Å². The van der Waals surface area contributed by atoms with Crippen molar-refractivity contribution in [3.05, 3.63) is 121 Å². The van der Waals surface area contributed by atoms with Crippen LogP contribution in [0.3, 0.4) is 0 Å². The predicted molar refractivity (Wildman–Crippen MR) is 129 cm³/mol. The Hall–Kier alpha value is -3.90. The van der Waals surface area contributed by atoms with Gasteiger partial charge in [-0.25, -0.2) is 5.43 Å². The fourth-order valence-corrected chi connectivity index (χ4v) is 4.08. The maximum Gasteiger partial charge on any atom is 0.272 e. The van der Waals surface area contributed by atoms with Gasteiger partial charge < -0.3 is 0 Å². The SMILES string of the molecule is O=C(NN=c1c(=O)c2ccccc2c1=O)c1cc(-c2ccc(Br)cc2)cc2ccccc12. The van der Waals surface area contributed by atoms with Crippen molar-refractivity contribution in [3.63, 3.8) is 0 Å². The number of fused-ring (bicyclic) bond motifs is 2. The highest BCUT2D eigenvalue weighted by molar-refractivity contribution is 9.10. The van der Waals surface area contributed by atoms with Gasteiger partial charge in [0.2, 0.25) is 10.9 Å². The third kappa shape index (κ3) is 3.44. The summed E-state index contributed by atoms with van der Waals surface area (Å²) in [6, 6.07) is 25.7. The number of benzene rings is 4. The van der Waals surface area contributed by atoms with Crippen molar-refractivity contribution in [2.24, 2.45) is 5.10 Å². The van der Waals surface area contributed by atoms with E-state index in [1.165, 1.54) is 0 Å². The summed E-state index contributed by atoms with van der Waals surface area (Å²) in [4.78, 5) is 38.1. The molecule has 0 saturated carbocycles. The minimum atomic E-state index is -0.496. The molecule has 5 aromatic carbocycles. The molecule has 5 nitrogen and oxygen atoms in total. The van der Waals surface area contributed by atoms with Crippen LogP contribution >= 0.6 is 15.9 Å². The van der Waals surface area contributed by atoms with E-state index in [9.17, 15) is 14.4 Å². The first-order valence-electron chi connectivity index (χ1n) is 9.88. The quantitative estimate of drug-likeness (QED) is 0.390. The summed E-state index contributed by atoms with van der Waals surface area (Å²) in [7, 11) is 0. The predicted octanol–water partition coefficient (Wildman–Crippen LogP) is 4.26. The molecule has 0 aliphatic heterocycles. The van der Waals surface area contributed by atoms with Crippen LogP contribution in [0.2, 0.25) is 0 Å². The average Bonchev–Trinajstić information content (AvgIpc) is 3.07. The van der Waals surface area contributed by atoms with E-state index < -0.39 is 16.8 Å². The number of nitrogens with zero attached hydrogens (tertiary/aromatic N) is 1. The lowest BCUT2D eigenvalue weighted by molar-refractivity contribution is 0.0954. The number of carbonyl (C=O) groups excluding carboxylic acids is 1. The molecule has 0 aliphatic rings. The van der Waals surface area contributed by atoms with Gasteiger partial charge in [-0.15, -0.1) is 0 Å². The Balaban J connectivity index is 1.61. The second kappa shape index (κ2) is 7.98. The van der Waals surface area contributed by atoms with Gasteiger partial charge in [-0.2, -0.15) is 5.10 Å². The van der Waals surface area contributed by atoms with E-state index in [0.717, 1.165) is 26.4 Å². The third-order valence-corrected chi connectivity index (χ3v) is 5.93. The summed E-state index contributed by atoms with van der Waals surface area (Å²) in [6.45, 7) is 0. The van der Waals surface area contributed by atoms with Crippen LogP contribution in [0.5, 0.6) is 0 Å². The van der Waals surface area contributed by atoms with Crippen molar-refractivity contribution in [1.82, 2.24) is 5.43 Å². The molecular weight excluding hydrogens is 468 g/mol. The van der Waals surface area contributed by atoms with Gasteiger partial charge in [-0.05, 0) is 46.2 Å². The average molecular weight is 483 g/mol. The second-order valence-corrected chi connectivity index (χ2v) is 8.27. The van der Waals surface area contributed by atoms with Crippen molar-refractivity contribution >= 4 is 43.4 Å². The highest BCUT2D eigenvalue weighted by atomic mass is 79.9. The van der Waals surface area contributed by atoms with Gasteiger partial charge in [0, 0.05) is 20.8 Å². The van der Waals surface area contributed by atoms with Crippen LogP contribution in [0.15, 0.2) is 104 Å². The number of hydrogen-bond acceptors (Lipinski definition) is 4. The van der Waals surface area contributed by atoms with Gasteiger partial charge in [0.05, 0.1) is 0 Å². The molecule has 0 bridgehead atoms. The first-order valence-corrected chi connectivity index (χ1v) is 10.7. The second-order valence-electron chi connectivity index (χ2n) is 7.36. The van der Waals surface area contributed by atoms with Crippen LogP contribution in [0.4, 0.5) is 0 Å². The molecule has 0 fully saturated rings. The van der Waals surface area contributed by atoms with Crippen LogP contribution in [0.1, 0.15) is 10.4 Å². The largest absolute Gasteiger partial charge is 0.287 e. The molecule has 0 atom stereocenters. The zero-order valence-corrected chi connectivity index (χ0v) is 18.2. The van der Waals surface area contributed by atoms with E-state index in [1.54, 1.807) is 30.3 Å². The Labute approximate surface area is 190 Å². The van der Waals surface area contributed by atoms with E-state index >= 15 is 0 Å². The Morgan fingerprint density at radius 1 is 0.719 bits per heavy atom. The summed E-state index contributed by atoms with van der Waals surface area (Å²) < 4.78 is 0.961. The van der Waals surface area contributed by atoms with Crippen molar-refractivity contribution < 1.29 is 4.79 Å². The zero-order valence-electron chi connectivity index (χ0n) is 16.6. The molecule has 0 saturated heterocycles. The normalized spacial score (nSPS) is 11.0. The molecule has 5 aromatic rings. The van der Waals surface area contributed by atoms with E-state index in [1.807, 2.05) is 54.6 Å². The fourth-order valence-electron chi connectivity index (χ4n) is 3.81. The highest BCUT2D eigenvalue weighted by Gasteiger charge is 2.14. The number of nitrogens with one attached hydrogen (secondary N) is 1. The third-order valence-electron chi connectivity index (χ3n) is 5.40. The Bertz CT molecular complexity index is 1610. The highest BCUT2D eigenvalue weighted by Crippen LogP contribution is 2.28. The van der Waals surface area contributed by atoms with Crippen molar-refractivity contribution in [3.8, 4) is 11.1 Å². The van der Waals surface area contributed by atoms with E-state index in [0.29, 0.717) is 16.3 Å². The lowest BCUT2D eigenvalue weighted by atomic mass is 9.96. The number of amides is 1. The lowest BCUT2D eigenvalue weighted by Gasteiger charge is -2.10. The standard InChI is InChI=1S/C26H15BrN2O3/c27-18-11-9-15(10-12-18)17-13-16-5-1-2-6-19(16)22(14-17)26(32)29-28-23-24(30)20-7-3-4-8-21(20)25(23)31/h1-14H,(H,29,32). The Kier molecular flexibility index (Phi) is 4.99. The smallest absolute Gasteiger partial charge is 0.272 e.